The number of amides is 1. The fourth-order valence-electron chi connectivity index (χ4n) is 13.7. The number of hydrogen-bond acceptors (Lipinski definition) is 18. The van der Waals surface area contributed by atoms with Gasteiger partial charge in [0, 0.05) is 6.42 Å². The van der Waals surface area contributed by atoms with Crippen molar-refractivity contribution >= 4 is 5.91 Å². The van der Waals surface area contributed by atoms with Crippen LogP contribution in [0.2, 0.25) is 0 Å². The van der Waals surface area contributed by atoms with Crippen LogP contribution >= 0.6 is 0 Å². The van der Waals surface area contributed by atoms with Crippen LogP contribution in [0.4, 0.5) is 0 Å². The third-order valence-electron chi connectivity index (χ3n) is 20.2. The van der Waals surface area contributed by atoms with Crippen molar-refractivity contribution < 1.29 is 89.4 Å². The van der Waals surface area contributed by atoms with E-state index in [2.05, 4.69) is 55.6 Å². The second-order valence-corrected chi connectivity index (χ2v) is 28.9. The van der Waals surface area contributed by atoms with Crippen molar-refractivity contribution in [2.45, 2.75) is 433 Å². The summed E-state index contributed by atoms with van der Waals surface area (Å²) in [6.45, 7) is 1.84. The number of carbonyl (C=O) groups is 1. The molecular formula is C79H147NO18. The summed E-state index contributed by atoms with van der Waals surface area (Å²) in [4.78, 5) is 13.5. The highest BCUT2D eigenvalue weighted by Crippen LogP contribution is 2.33. The number of hydrogen-bond donors (Lipinski definition) is 12. The number of nitrogens with one attached hydrogen (secondary N) is 1. The normalized spacial score (nSPS) is 26.9. The van der Waals surface area contributed by atoms with Gasteiger partial charge in [0.2, 0.25) is 5.91 Å². The van der Waals surface area contributed by atoms with Crippen LogP contribution in [0.25, 0.3) is 0 Å². The summed E-state index contributed by atoms with van der Waals surface area (Å²) in [6, 6.07) is -0.888. The molecule has 0 bridgehead atoms. The van der Waals surface area contributed by atoms with Crippen molar-refractivity contribution in [1.29, 1.82) is 0 Å². The molecule has 576 valence electrons. The van der Waals surface area contributed by atoms with E-state index in [0.717, 1.165) is 57.8 Å². The van der Waals surface area contributed by atoms with Crippen LogP contribution in [-0.4, -0.2) is 193 Å². The Morgan fingerprint density at radius 2 is 0.673 bits per heavy atom. The first-order valence-corrected chi connectivity index (χ1v) is 40.2. The molecule has 0 aromatic heterocycles. The molecule has 12 N–H and O–H groups in total. The Labute approximate surface area is 593 Å². The van der Waals surface area contributed by atoms with Crippen molar-refractivity contribution in [3.8, 4) is 0 Å². The van der Waals surface area contributed by atoms with Gasteiger partial charge in [-0.3, -0.25) is 4.79 Å². The summed E-state index contributed by atoms with van der Waals surface area (Å²) in [5, 5.41) is 121. The molecule has 0 saturated carbocycles. The first kappa shape index (κ1) is 90.2. The topological polar surface area (TPSA) is 307 Å². The number of unbranched alkanes of at least 4 members (excludes halogenated alkanes) is 42. The van der Waals surface area contributed by atoms with Gasteiger partial charge in [0.1, 0.15) is 73.2 Å². The standard InChI is InChI=1S/C79H147NO18/c1-3-5-7-9-11-13-15-17-19-21-23-25-27-28-29-30-31-32-33-34-35-37-39-41-43-45-47-49-51-53-55-57-67(85)80-62(63(84)56-54-52-50-48-46-44-42-40-38-36-26-24-22-20-18-16-14-12-10-8-6-4-2)61-93-77-73(91)70(88)75(65(59-82)95-77)98-79-74(92)71(89)76(66(60-83)96-79)97-78-72(90)69(87)68(86)64(58-81)94-78/h15,17,21,23,27-28,62-66,68-79,81-84,86-92H,3-14,16,18-20,22,24-26,29-61H2,1-2H3,(H,80,85)/b17-15-,23-21-,28-27-. The van der Waals surface area contributed by atoms with Gasteiger partial charge in [0.15, 0.2) is 18.9 Å². The molecule has 0 aromatic carbocycles. The number of rotatable bonds is 64. The van der Waals surface area contributed by atoms with E-state index in [1.54, 1.807) is 0 Å². The van der Waals surface area contributed by atoms with Crippen molar-refractivity contribution in [2.24, 2.45) is 0 Å². The number of aliphatic hydroxyl groups excluding tert-OH is 11. The van der Waals surface area contributed by atoms with Crippen LogP contribution in [0.5, 0.6) is 0 Å². The van der Waals surface area contributed by atoms with Crippen LogP contribution in [-0.2, 0) is 33.2 Å². The molecule has 3 rings (SSSR count). The van der Waals surface area contributed by atoms with Crippen LogP contribution in [0.1, 0.15) is 328 Å². The minimum absolute atomic E-state index is 0.238. The lowest BCUT2D eigenvalue weighted by atomic mass is 9.96. The van der Waals surface area contributed by atoms with Gasteiger partial charge in [0.25, 0.3) is 0 Å². The highest BCUT2D eigenvalue weighted by Gasteiger charge is 2.54. The maximum atomic E-state index is 13.5. The fourth-order valence-corrected chi connectivity index (χ4v) is 13.7. The van der Waals surface area contributed by atoms with Gasteiger partial charge in [0.05, 0.1) is 38.6 Å². The largest absolute Gasteiger partial charge is 0.394 e. The molecule has 3 aliphatic rings. The summed E-state index contributed by atoms with van der Waals surface area (Å²) in [7, 11) is 0. The summed E-state index contributed by atoms with van der Waals surface area (Å²) in [5.74, 6) is -0.238. The van der Waals surface area contributed by atoms with E-state index in [1.165, 1.54) is 238 Å². The summed E-state index contributed by atoms with van der Waals surface area (Å²) < 4.78 is 34.5. The van der Waals surface area contributed by atoms with E-state index in [1.807, 2.05) is 0 Å². The van der Waals surface area contributed by atoms with Gasteiger partial charge in [-0.15, -0.1) is 0 Å². The number of aliphatic hydroxyl groups is 11. The Hall–Kier alpha value is -1.99. The molecule has 0 radical (unpaired) electrons. The van der Waals surface area contributed by atoms with Gasteiger partial charge in [-0.25, -0.2) is 0 Å². The Bertz CT molecular complexity index is 1910. The second-order valence-electron chi connectivity index (χ2n) is 28.9. The Morgan fingerprint density at radius 1 is 0.367 bits per heavy atom. The first-order valence-electron chi connectivity index (χ1n) is 40.2. The SMILES string of the molecule is CCCCCCC/C=C\C/C=C\C/C=C\CCCCCCCCCCCCCCCCCCC(=O)NC(COC1OC(CO)C(OC2OC(CO)C(OC3OC(CO)C(O)C(O)C3O)C(O)C2O)C(O)C1O)C(O)CCCCCCCCCCCCCCCCCCCCCCCC. The Morgan fingerprint density at radius 3 is 1.05 bits per heavy atom. The smallest absolute Gasteiger partial charge is 0.220 e. The maximum Gasteiger partial charge on any atom is 0.220 e. The first-order chi connectivity index (χ1) is 47.8. The molecule has 0 spiro atoms. The molecule has 3 aliphatic heterocycles. The molecule has 3 saturated heterocycles. The molecule has 98 heavy (non-hydrogen) atoms. The highest BCUT2D eigenvalue weighted by atomic mass is 16.8. The van der Waals surface area contributed by atoms with E-state index in [4.69, 9.17) is 28.4 Å². The number of allylic oxidation sites excluding steroid dienone is 6. The lowest BCUT2D eigenvalue weighted by Gasteiger charge is -2.48. The van der Waals surface area contributed by atoms with E-state index in [-0.39, 0.29) is 18.9 Å². The molecule has 19 nitrogen and oxygen atoms in total. The van der Waals surface area contributed by atoms with E-state index >= 15 is 0 Å². The van der Waals surface area contributed by atoms with E-state index in [0.29, 0.717) is 12.8 Å². The third-order valence-corrected chi connectivity index (χ3v) is 20.2. The van der Waals surface area contributed by atoms with Gasteiger partial charge in [-0.2, -0.15) is 0 Å². The fraction of sp³-hybridized carbons (Fsp3) is 0.911. The van der Waals surface area contributed by atoms with Crippen LogP contribution in [0.3, 0.4) is 0 Å². The second kappa shape index (κ2) is 60.3. The van der Waals surface area contributed by atoms with Gasteiger partial charge >= 0.3 is 0 Å². The zero-order valence-electron chi connectivity index (χ0n) is 61.5. The predicted octanol–water partition coefficient (Wildman–Crippen LogP) is 13.1. The maximum absolute atomic E-state index is 13.5. The van der Waals surface area contributed by atoms with E-state index in [9.17, 15) is 61.0 Å². The third kappa shape index (κ3) is 40.3. The quantitative estimate of drug-likeness (QED) is 0.0199. The van der Waals surface area contributed by atoms with Crippen molar-refractivity contribution in [3.63, 3.8) is 0 Å². The molecular weight excluding hydrogens is 1250 g/mol. The van der Waals surface area contributed by atoms with Crippen LogP contribution < -0.4 is 5.32 Å². The lowest BCUT2D eigenvalue weighted by molar-refractivity contribution is -0.379. The molecule has 17 unspecified atom stereocenters. The average Bonchev–Trinajstić information content (AvgIpc) is 0.785. The molecule has 1 amide bonds. The van der Waals surface area contributed by atoms with Gasteiger partial charge < -0.3 is 89.9 Å². The Balaban J connectivity index is 1.36. The molecule has 0 aliphatic carbocycles. The summed E-state index contributed by atoms with van der Waals surface area (Å²) >= 11 is 0. The van der Waals surface area contributed by atoms with Crippen LogP contribution in [0.15, 0.2) is 36.5 Å². The molecule has 19 heteroatoms. The highest BCUT2D eigenvalue weighted by molar-refractivity contribution is 5.76. The van der Waals surface area contributed by atoms with Gasteiger partial charge in [-0.1, -0.05) is 307 Å². The van der Waals surface area contributed by atoms with Crippen molar-refractivity contribution in [3.05, 3.63) is 36.5 Å². The molecule has 3 fully saturated rings. The molecule has 17 atom stereocenters. The van der Waals surface area contributed by atoms with Gasteiger partial charge in [-0.05, 0) is 51.4 Å². The van der Waals surface area contributed by atoms with Crippen molar-refractivity contribution in [2.75, 3.05) is 26.4 Å². The Kier molecular flexibility index (Phi) is 55.5. The zero-order valence-corrected chi connectivity index (χ0v) is 61.5. The average molecular weight is 1400 g/mol. The number of carbonyl (C=O) groups excluding carboxylic acids is 1. The minimum Gasteiger partial charge on any atom is -0.394 e. The predicted molar refractivity (Wildman–Crippen MR) is 388 cm³/mol. The number of ether oxygens (including phenoxy) is 6. The molecule has 0 aromatic rings. The van der Waals surface area contributed by atoms with E-state index < -0.39 is 124 Å². The minimum atomic E-state index is -1.97. The van der Waals surface area contributed by atoms with Crippen molar-refractivity contribution in [1.82, 2.24) is 5.32 Å². The van der Waals surface area contributed by atoms with Crippen LogP contribution in [0, 0.1) is 0 Å². The lowest BCUT2D eigenvalue weighted by Crippen LogP contribution is -2.66. The summed E-state index contributed by atoms with van der Waals surface area (Å²) in [5.41, 5.74) is 0. The zero-order chi connectivity index (χ0) is 71.1. The summed E-state index contributed by atoms with van der Waals surface area (Å²) in [6.07, 6.45) is 46.5. The molecule has 3 heterocycles. The monoisotopic (exact) mass is 1400 g/mol.